The highest BCUT2D eigenvalue weighted by atomic mass is 35.5. The molecule has 0 bridgehead atoms. The number of anilines is 1. The van der Waals surface area contributed by atoms with Crippen LogP contribution in [0.4, 0.5) is 11.4 Å². The minimum Gasteiger partial charge on any atom is -0.508 e. The minimum absolute atomic E-state index is 0.00218. The number of rotatable bonds is 4. The molecule has 0 aliphatic carbocycles. The Morgan fingerprint density at radius 1 is 1.27 bits per heavy atom. The molecule has 1 amide bonds. The van der Waals surface area contributed by atoms with Crippen molar-refractivity contribution in [3.8, 4) is 11.5 Å². The number of hydrogen-bond acceptors (Lipinski definition) is 5. The fraction of sp³-hybridized carbons (Fsp3) is 0.0714. The average Bonchev–Trinajstić information content (AvgIpc) is 2.44. The standard InChI is InChI=1S/C14H11ClN2O5/c15-9-6-10(14(20)11(7-9)17(21)22)16-13(19)5-8-3-1-2-4-12(8)18/h1-4,6-7,18,20H,5H2,(H,16,19). The maximum atomic E-state index is 11.9. The van der Waals surface area contributed by atoms with Crippen molar-refractivity contribution in [2.24, 2.45) is 0 Å². The van der Waals surface area contributed by atoms with E-state index in [-0.39, 0.29) is 22.9 Å². The molecule has 0 unspecified atom stereocenters. The Hall–Kier alpha value is -2.80. The molecule has 0 heterocycles. The Labute approximate surface area is 129 Å². The van der Waals surface area contributed by atoms with Gasteiger partial charge in [0.1, 0.15) is 5.75 Å². The first-order chi connectivity index (χ1) is 10.4. The molecule has 0 saturated heterocycles. The molecule has 0 atom stereocenters. The summed E-state index contributed by atoms with van der Waals surface area (Å²) in [5, 5.41) is 32.5. The number of phenolic OH excluding ortho intramolecular Hbond substituents is 2. The molecule has 0 aliphatic rings. The summed E-state index contributed by atoms with van der Waals surface area (Å²) in [6.45, 7) is 0. The Morgan fingerprint density at radius 3 is 2.59 bits per heavy atom. The second kappa shape index (κ2) is 6.31. The number of para-hydroxylation sites is 1. The zero-order valence-corrected chi connectivity index (χ0v) is 11.9. The van der Waals surface area contributed by atoms with Crippen molar-refractivity contribution in [3.63, 3.8) is 0 Å². The normalized spacial score (nSPS) is 10.2. The lowest BCUT2D eigenvalue weighted by atomic mass is 10.1. The van der Waals surface area contributed by atoms with Gasteiger partial charge in [-0.05, 0) is 12.1 Å². The number of hydrogen-bond donors (Lipinski definition) is 3. The van der Waals surface area contributed by atoms with Crippen LogP contribution in [0.1, 0.15) is 5.56 Å². The van der Waals surface area contributed by atoms with Gasteiger partial charge in [0.25, 0.3) is 0 Å². The molecule has 114 valence electrons. The monoisotopic (exact) mass is 322 g/mol. The van der Waals surface area contributed by atoms with Gasteiger partial charge in [0.05, 0.1) is 17.0 Å². The summed E-state index contributed by atoms with van der Waals surface area (Å²) in [5.41, 5.74) is -0.388. The lowest BCUT2D eigenvalue weighted by Gasteiger charge is -2.09. The lowest BCUT2D eigenvalue weighted by molar-refractivity contribution is -0.385. The van der Waals surface area contributed by atoms with Gasteiger partial charge in [-0.3, -0.25) is 14.9 Å². The van der Waals surface area contributed by atoms with Gasteiger partial charge in [-0.2, -0.15) is 0 Å². The third-order valence-electron chi connectivity index (χ3n) is 2.87. The zero-order chi connectivity index (χ0) is 16.3. The number of carbonyl (C=O) groups is 1. The van der Waals surface area contributed by atoms with E-state index < -0.39 is 22.3 Å². The summed E-state index contributed by atoms with van der Waals surface area (Å²) < 4.78 is 0. The number of nitrogens with zero attached hydrogens (tertiary/aromatic N) is 1. The highest BCUT2D eigenvalue weighted by molar-refractivity contribution is 6.31. The maximum absolute atomic E-state index is 11.9. The van der Waals surface area contributed by atoms with Crippen LogP contribution < -0.4 is 5.32 Å². The summed E-state index contributed by atoms with van der Waals surface area (Å²) in [6.07, 6.45) is -0.160. The van der Waals surface area contributed by atoms with E-state index in [0.717, 1.165) is 6.07 Å². The Morgan fingerprint density at radius 2 is 1.95 bits per heavy atom. The predicted octanol–water partition coefficient (Wildman–Crippen LogP) is 2.84. The number of amides is 1. The molecule has 0 saturated carbocycles. The van der Waals surface area contributed by atoms with E-state index in [1.165, 1.54) is 12.1 Å². The Balaban J connectivity index is 2.22. The number of nitrogens with one attached hydrogen (secondary N) is 1. The quantitative estimate of drug-likeness (QED) is 0.455. The van der Waals surface area contributed by atoms with E-state index in [1.807, 2.05) is 0 Å². The number of nitro benzene ring substituents is 1. The Kier molecular flexibility index (Phi) is 4.47. The topological polar surface area (TPSA) is 113 Å². The number of nitro groups is 1. The largest absolute Gasteiger partial charge is 0.508 e. The summed E-state index contributed by atoms with van der Waals surface area (Å²) in [6, 6.07) is 8.45. The van der Waals surface area contributed by atoms with Crippen molar-refractivity contribution in [1.29, 1.82) is 0 Å². The molecular formula is C14H11ClN2O5. The highest BCUT2D eigenvalue weighted by Crippen LogP contribution is 2.37. The van der Waals surface area contributed by atoms with E-state index in [0.29, 0.717) is 5.56 Å². The van der Waals surface area contributed by atoms with Gasteiger partial charge in [-0.1, -0.05) is 29.8 Å². The number of carbonyl (C=O) groups excluding carboxylic acids is 1. The third-order valence-corrected chi connectivity index (χ3v) is 3.09. The molecule has 2 aromatic carbocycles. The van der Waals surface area contributed by atoms with Gasteiger partial charge in [0.15, 0.2) is 0 Å². The van der Waals surface area contributed by atoms with Crippen molar-refractivity contribution < 1.29 is 19.9 Å². The maximum Gasteiger partial charge on any atom is 0.314 e. The van der Waals surface area contributed by atoms with E-state index >= 15 is 0 Å². The van der Waals surface area contributed by atoms with E-state index in [9.17, 15) is 25.1 Å². The second-order valence-corrected chi connectivity index (χ2v) is 4.87. The second-order valence-electron chi connectivity index (χ2n) is 4.43. The van der Waals surface area contributed by atoms with Crippen LogP contribution in [0.2, 0.25) is 5.02 Å². The van der Waals surface area contributed by atoms with Gasteiger partial charge in [0.2, 0.25) is 11.7 Å². The van der Waals surface area contributed by atoms with E-state index in [4.69, 9.17) is 11.6 Å². The van der Waals surface area contributed by atoms with Crippen LogP contribution in [-0.4, -0.2) is 21.0 Å². The fourth-order valence-corrected chi connectivity index (χ4v) is 2.06. The van der Waals surface area contributed by atoms with Crippen molar-refractivity contribution in [1.82, 2.24) is 0 Å². The molecule has 8 heteroatoms. The summed E-state index contributed by atoms with van der Waals surface area (Å²) >= 11 is 5.73. The molecule has 2 aromatic rings. The van der Waals surface area contributed by atoms with Gasteiger partial charge in [-0.15, -0.1) is 0 Å². The molecule has 0 aromatic heterocycles. The summed E-state index contributed by atoms with van der Waals surface area (Å²) in [7, 11) is 0. The van der Waals surface area contributed by atoms with Crippen LogP contribution in [0.25, 0.3) is 0 Å². The van der Waals surface area contributed by atoms with Crippen LogP contribution in [0.15, 0.2) is 36.4 Å². The molecule has 0 aliphatic heterocycles. The average molecular weight is 323 g/mol. The molecule has 2 rings (SSSR count). The van der Waals surface area contributed by atoms with Crippen molar-refractivity contribution in [3.05, 3.63) is 57.1 Å². The first-order valence-corrected chi connectivity index (χ1v) is 6.50. The number of phenols is 2. The minimum atomic E-state index is -0.806. The van der Waals surface area contributed by atoms with Crippen molar-refractivity contribution >= 4 is 28.9 Å². The van der Waals surface area contributed by atoms with Crippen molar-refractivity contribution in [2.75, 3.05) is 5.32 Å². The first-order valence-electron chi connectivity index (χ1n) is 6.12. The smallest absolute Gasteiger partial charge is 0.314 e. The van der Waals surface area contributed by atoms with Crippen LogP contribution in [0, 0.1) is 10.1 Å². The van der Waals surface area contributed by atoms with Crippen molar-refractivity contribution in [2.45, 2.75) is 6.42 Å². The number of halogens is 1. The summed E-state index contributed by atoms with van der Waals surface area (Å²) in [5.74, 6) is -1.28. The van der Waals surface area contributed by atoms with Crippen LogP contribution >= 0.6 is 11.6 Å². The molecule has 0 spiro atoms. The van der Waals surface area contributed by atoms with Gasteiger partial charge in [0, 0.05) is 16.7 Å². The van der Waals surface area contributed by atoms with Gasteiger partial charge >= 0.3 is 5.69 Å². The highest BCUT2D eigenvalue weighted by Gasteiger charge is 2.20. The molecule has 7 nitrogen and oxygen atoms in total. The van der Waals surface area contributed by atoms with Gasteiger partial charge in [-0.25, -0.2) is 0 Å². The SMILES string of the molecule is O=C(Cc1ccccc1O)Nc1cc(Cl)cc([N+](=O)[O-])c1O. The molecular weight excluding hydrogens is 312 g/mol. The fourth-order valence-electron chi connectivity index (χ4n) is 1.85. The van der Waals surface area contributed by atoms with E-state index in [2.05, 4.69) is 5.32 Å². The van der Waals surface area contributed by atoms with E-state index in [1.54, 1.807) is 18.2 Å². The molecule has 0 radical (unpaired) electrons. The molecule has 22 heavy (non-hydrogen) atoms. The van der Waals surface area contributed by atoms with Gasteiger partial charge < -0.3 is 15.5 Å². The Bertz CT molecular complexity index is 748. The number of benzene rings is 2. The van der Waals surface area contributed by atoms with Crippen LogP contribution in [0.3, 0.4) is 0 Å². The van der Waals surface area contributed by atoms with Crippen LogP contribution in [-0.2, 0) is 11.2 Å². The van der Waals surface area contributed by atoms with Crippen LogP contribution in [0.5, 0.6) is 11.5 Å². The third kappa shape index (κ3) is 3.44. The zero-order valence-electron chi connectivity index (χ0n) is 11.1. The predicted molar refractivity (Wildman–Crippen MR) is 80.2 cm³/mol. The molecule has 3 N–H and O–H groups in total. The number of aromatic hydroxyl groups is 2. The summed E-state index contributed by atoms with van der Waals surface area (Å²) in [4.78, 5) is 21.9. The first kappa shape index (κ1) is 15.6. The molecule has 0 fully saturated rings. The lowest BCUT2D eigenvalue weighted by Crippen LogP contribution is -2.14.